The van der Waals surface area contributed by atoms with Crippen molar-refractivity contribution in [3.63, 3.8) is 0 Å². The lowest BCUT2D eigenvalue weighted by Gasteiger charge is -2.23. The summed E-state index contributed by atoms with van der Waals surface area (Å²) in [5.74, 6) is -7.28. The first kappa shape index (κ1) is 18.1. The van der Waals surface area contributed by atoms with Gasteiger partial charge < -0.3 is 9.47 Å². The number of rotatable bonds is 6. The fourth-order valence-corrected chi connectivity index (χ4v) is 1.57. The van der Waals surface area contributed by atoms with E-state index in [1.807, 2.05) is 6.92 Å². The van der Waals surface area contributed by atoms with E-state index >= 15 is 0 Å². The molecule has 1 aromatic carbocycles. The molecule has 1 unspecified atom stereocenters. The van der Waals surface area contributed by atoms with Gasteiger partial charge in [0.1, 0.15) is 5.75 Å². The molecule has 0 spiro atoms. The molecule has 0 aliphatic rings. The van der Waals surface area contributed by atoms with Crippen LogP contribution in [0.25, 0.3) is 0 Å². The summed E-state index contributed by atoms with van der Waals surface area (Å²) in [5, 5.41) is 0. The number of ketones is 1. The first-order valence-electron chi connectivity index (χ1n) is 6.32. The van der Waals surface area contributed by atoms with Crippen molar-refractivity contribution in [2.24, 2.45) is 0 Å². The Morgan fingerprint density at radius 1 is 1.09 bits per heavy atom. The molecular formula is C14H14F4O4. The Kier molecular flexibility index (Phi) is 5.65. The van der Waals surface area contributed by atoms with Crippen molar-refractivity contribution in [1.29, 1.82) is 0 Å². The van der Waals surface area contributed by atoms with Gasteiger partial charge in [-0.25, -0.2) is 4.79 Å². The number of Topliss-reactive ketones (excluding diaryl/α,β-unsaturated/α-hetero) is 1. The Bertz CT molecular complexity index is 539. The Labute approximate surface area is 124 Å². The Balaban J connectivity index is 2.87. The van der Waals surface area contributed by atoms with Crippen LogP contribution in [0.4, 0.5) is 17.6 Å². The second-order valence-corrected chi connectivity index (χ2v) is 4.38. The molecule has 0 heterocycles. The molecule has 0 aliphatic heterocycles. The monoisotopic (exact) mass is 322 g/mol. The number of hydrogen-bond donors (Lipinski definition) is 0. The third kappa shape index (κ3) is 3.82. The second-order valence-electron chi connectivity index (χ2n) is 4.38. The van der Waals surface area contributed by atoms with E-state index in [1.165, 1.54) is 12.1 Å². The fourth-order valence-electron chi connectivity index (χ4n) is 1.57. The molecule has 0 amide bonds. The van der Waals surface area contributed by atoms with E-state index in [2.05, 4.69) is 9.47 Å². The van der Waals surface area contributed by atoms with Gasteiger partial charge in [-0.1, -0.05) is 6.92 Å². The zero-order chi connectivity index (χ0) is 17.0. The van der Waals surface area contributed by atoms with Crippen LogP contribution >= 0.6 is 0 Å². The molecule has 0 radical (unpaired) electrons. The van der Waals surface area contributed by atoms with Crippen molar-refractivity contribution in [2.75, 3.05) is 7.11 Å². The molecule has 1 rings (SSSR count). The van der Waals surface area contributed by atoms with Crippen LogP contribution in [0.5, 0.6) is 5.75 Å². The summed E-state index contributed by atoms with van der Waals surface area (Å²) >= 11 is 0. The number of halogens is 4. The van der Waals surface area contributed by atoms with E-state index in [1.54, 1.807) is 0 Å². The summed E-state index contributed by atoms with van der Waals surface area (Å²) in [7, 11) is 0.404. The maximum absolute atomic E-state index is 13.5. The third-order valence-electron chi connectivity index (χ3n) is 2.77. The molecule has 122 valence electrons. The average molecular weight is 322 g/mol. The molecule has 8 heteroatoms. The molecule has 0 aliphatic carbocycles. The lowest BCUT2D eigenvalue weighted by atomic mass is 10.1. The van der Waals surface area contributed by atoms with Crippen LogP contribution in [0, 0.1) is 0 Å². The number of carbonyl (C=O) groups is 2. The molecule has 0 aromatic heterocycles. The first-order valence-corrected chi connectivity index (χ1v) is 6.32. The van der Waals surface area contributed by atoms with Crippen molar-refractivity contribution in [2.45, 2.75) is 31.8 Å². The molecule has 1 aromatic rings. The minimum absolute atomic E-state index is 0.160. The lowest BCUT2D eigenvalue weighted by Crippen LogP contribution is -2.51. The van der Waals surface area contributed by atoms with Gasteiger partial charge in [0.2, 0.25) is 0 Å². The number of methoxy groups -OCH3 is 1. The smallest absolute Gasteiger partial charge is 0.422 e. The minimum Gasteiger partial charge on any atom is -0.422 e. The van der Waals surface area contributed by atoms with Gasteiger partial charge in [-0.15, -0.1) is 0 Å². The molecule has 0 bridgehead atoms. The minimum atomic E-state index is -5.57. The number of esters is 1. The number of benzene rings is 1. The van der Waals surface area contributed by atoms with Crippen LogP contribution in [0.15, 0.2) is 24.3 Å². The van der Waals surface area contributed by atoms with Crippen LogP contribution < -0.4 is 4.74 Å². The van der Waals surface area contributed by atoms with E-state index in [0.717, 1.165) is 12.1 Å². The number of hydrogen-bond acceptors (Lipinski definition) is 4. The van der Waals surface area contributed by atoms with Crippen LogP contribution in [-0.4, -0.2) is 30.9 Å². The highest BCUT2D eigenvalue weighted by Crippen LogP contribution is 2.36. The number of ether oxygens (including phenoxy) is 2. The second kappa shape index (κ2) is 6.87. The molecule has 4 nitrogen and oxygen atoms in total. The third-order valence-corrected chi connectivity index (χ3v) is 2.77. The molecule has 0 saturated carbocycles. The summed E-state index contributed by atoms with van der Waals surface area (Å²) in [6, 6.07) is 4.77. The molecule has 0 fully saturated rings. The zero-order valence-electron chi connectivity index (χ0n) is 11.9. The number of carbonyl (C=O) groups excluding carboxylic acids is 2. The SMILES string of the molecule is CCCC(=O)c1ccc(OC(=O)C(F)(OC)C(F)(F)F)cc1. The normalized spacial score (nSPS) is 14.3. The van der Waals surface area contributed by atoms with E-state index < -0.39 is 18.0 Å². The highest BCUT2D eigenvalue weighted by molar-refractivity contribution is 5.96. The van der Waals surface area contributed by atoms with Gasteiger partial charge in [0.05, 0.1) is 0 Å². The van der Waals surface area contributed by atoms with Crippen LogP contribution in [0.1, 0.15) is 30.1 Å². The van der Waals surface area contributed by atoms with Gasteiger partial charge in [-0.3, -0.25) is 4.79 Å². The predicted molar refractivity (Wildman–Crippen MR) is 68.2 cm³/mol. The van der Waals surface area contributed by atoms with Gasteiger partial charge in [0, 0.05) is 19.1 Å². The van der Waals surface area contributed by atoms with Gasteiger partial charge in [-0.05, 0) is 30.7 Å². The van der Waals surface area contributed by atoms with E-state index in [9.17, 15) is 27.2 Å². The largest absolute Gasteiger partial charge is 0.460 e. The highest BCUT2D eigenvalue weighted by Gasteiger charge is 2.64. The Hall–Kier alpha value is -1.96. The Morgan fingerprint density at radius 2 is 1.64 bits per heavy atom. The van der Waals surface area contributed by atoms with Gasteiger partial charge in [0.15, 0.2) is 5.78 Å². The maximum Gasteiger partial charge on any atom is 0.460 e. The van der Waals surface area contributed by atoms with Crippen molar-refractivity contribution in [3.05, 3.63) is 29.8 Å². The summed E-state index contributed by atoms with van der Waals surface area (Å²) < 4.78 is 58.9. The quantitative estimate of drug-likeness (QED) is 0.348. The predicted octanol–water partition coefficient (Wildman–Crippen LogP) is 3.45. The van der Waals surface area contributed by atoms with Crippen LogP contribution in [-0.2, 0) is 9.53 Å². The molecule has 1 atom stereocenters. The van der Waals surface area contributed by atoms with Gasteiger partial charge in [-0.2, -0.15) is 17.6 Å². The van der Waals surface area contributed by atoms with E-state index in [-0.39, 0.29) is 11.5 Å². The molecule has 0 N–H and O–H groups in total. The van der Waals surface area contributed by atoms with Crippen molar-refractivity contribution < 1.29 is 36.6 Å². The van der Waals surface area contributed by atoms with Crippen LogP contribution in [0.2, 0.25) is 0 Å². The topological polar surface area (TPSA) is 52.6 Å². The van der Waals surface area contributed by atoms with Gasteiger partial charge >= 0.3 is 18.0 Å². The van der Waals surface area contributed by atoms with Gasteiger partial charge in [0.25, 0.3) is 0 Å². The molecule has 22 heavy (non-hydrogen) atoms. The van der Waals surface area contributed by atoms with Crippen molar-refractivity contribution in [1.82, 2.24) is 0 Å². The lowest BCUT2D eigenvalue weighted by molar-refractivity contribution is -0.313. The number of alkyl halides is 4. The van der Waals surface area contributed by atoms with Crippen molar-refractivity contribution in [3.8, 4) is 5.75 Å². The fraction of sp³-hybridized carbons (Fsp3) is 0.429. The summed E-state index contributed by atoms with van der Waals surface area (Å²) in [6.07, 6.45) is -4.63. The summed E-state index contributed by atoms with van der Waals surface area (Å²) in [4.78, 5) is 22.9. The Morgan fingerprint density at radius 3 is 2.05 bits per heavy atom. The maximum atomic E-state index is 13.5. The highest BCUT2D eigenvalue weighted by atomic mass is 19.4. The van der Waals surface area contributed by atoms with E-state index in [4.69, 9.17) is 0 Å². The van der Waals surface area contributed by atoms with E-state index in [0.29, 0.717) is 25.5 Å². The summed E-state index contributed by atoms with van der Waals surface area (Å²) in [5.41, 5.74) is 0.315. The summed E-state index contributed by atoms with van der Waals surface area (Å²) in [6.45, 7) is 1.82. The standard InChI is InChI=1S/C14H14F4O4/c1-3-4-11(19)9-5-7-10(8-6-9)22-12(20)13(15,21-2)14(16,17)18/h5-8H,3-4H2,1-2H3. The first-order chi connectivity index (χ1) is 10.2. The van der Waals surface area contributed by atoms with Crippen LogP contribution in [0.3, 0.4) is 0 Å². The average Bonchev–Trinajstić information content (AvgIpc) is 2.46. The zero-order valence-corrected chi connectivity index (χ0v) is 11.9. The molecule has 0 saturated heterocycles. The van der Waals surface area contributed by atoms with Crippen molar-refractivity contribution >= 4 is 11.8 Å². The molecular weight excluding hydrogens is 308 g/mol.